The minimum Gasteiger partial charge on any atom is -0.480 e. The van der Waals surface area contributed by atoms with Gasteiger partial charge in [-0.25, -0.2) is 0 Å². The summed E-state index contributed by atoms with van der Waals surface area (Å²) in [5.41, 5.74) is 0. The van der Waals surface area contributed by atoms with Gasteiger partial charge in [-0.3, -0.25) is 4.79 Å². The number of hydrogen-bond donors (Lipinski definition) is 1. The zero-order valence-electron chi connectivity index (χ0n) is 10.0. The molecule has 0 amide bonds. The maximum atomic E-state index is 11.9. The zero-order valence-corrected chi connectivity index (χ0v) is 10.8. The van der Waals surface area contributed by atoms with E-state index < -0.39 is 22.7 Å². The van der Waals surface area contributed by atoms with Crippen LogP contribution in [0.3, 0.4) is 0 Å². The molecule has 0 saturated carbocycles. The molecule has 0 bridgehead atoms. The highest BCUT2D eigenvalue weighted by molar-refractivity contribution is 7.86. The fraction of sp³-hybridized carbons (Fsp3) is 0.889. The highest BCUT2D eigenvalue weighted by Gasteiger charge is 2.26. The third-order valence-corrected chi connectivity index (χ3v) is 3.96. The van der Waals surface area contributed by atoms with Crippen LogP contribution in [-0.4, -0.2) is 54.8 Å². The van der Waals surface area contributed by atoms with Gasteiger partial charge in [0.15, 0.2) is 0 Å². The molecule has 0 spiro atoms. The monoisotopic (exact) mass is 252 g/mol. The van der Waals surface area contributed by atoms with Gasteiger partial charge in [0.1, 0.15) is 6.54 Å². The molecule has 7 heteroatoms. The first-order valence-electron chi connectivity index (χ1n) is 5.29. The van der Waals surface area contributed by atoms with E-state index in [4.69, 9.17) is 5.11 Å². The Morgan fingerprint density at radius 3 is 1.94 bits per heavy atom. The molecule has 0 aliphatic heterocycles. The lowest BCUT2D eigenvalue weighted by Crippen LogP contribution is -2.44. The van der Waals surface area contributed by atoms with Crippen molar-refractivity contribution in [3.63, 3.8) is 0 Å². The predicted molar refractivity (Wildman–Crippen MR) is 61.3 cm³/mol. The lowest BCUT2D eigenvalue weighted by molar-refractivity contribution is -0.137. The van der Waals surface area contributed by atoms with Crippen LogP contribution in [0.15, 0.2) is 0 Å². The third kappa shape index (κ3) is 4.46. The van der Waals surface area contributed by atoms with Crippen LogP contribution in [0.1, 0.15) is 26.7 Å². The molecular weight excluding hydrogens is 232 g/mol. The van der Waals surface area contributed by atoms with Crippen LogP contribution in [0.25, 0.3) is 0 Å². The van der Waals surface area contributed by atoms with Crippen molar-refractivity contribution in [3.05, 3.63) is 0 Å². The van der Waals surface area contributed by atoms with Gasteiger partial charge in [-0.1, -0.05) is 13.8 Å². The molecule has 0 aromatic rings. The molecular formula is C9H20N2O4S. The highest BCUT2D eigenvalue weighted by Crippen LogP contribution is 2.07. The van der Waals surface area contributed by atoms with Crippen molar-refractivity contribution in [3.8, 4) is 0 Å². The molecule has 0 aliphatic carbocycles. The summed E-state index contributed by atoms with van der Waals surface area (Å²) in [6, 6.07) is 0. The Balaban J connectivity index is 4.75. The number of likely N-dealkylation sites (N-methyl/N-ethyl adjacent to an activating group) is 1. The maximum absolute atomic E-state index is 11.9. The van der Waals surface area contributed by atoms with Gasteiger partial charge in [0.2, 0.25) is 0 Å². The normalized spacial score (nSPS) is 12.3. The van der Waals surface area contributed by atoms with Gasteiger partial charge < -0.3 is 5.11 Å². The van der Waals surface area contributed by atoms with Gasteiger partial charge in [-0.15, -0.1) is 0 Å². The van der Waals surface area contributed by atoms with Gasteiger partial charge in [-0.05, 0) is 12.8 Å². The van der Waals surface area contributed by atoms with Gasteiger partial charge in [-0.2, -0.15) is 17.0 Å². The number of rotatable bonds is 8. The van der Waals surface area contributed by atoms with Crippen LogP contribution in [0.4, 0.5) is 0 Å². The Hall–Kier alpha value is -0.660. The summed E-state index contributed by atoms with van der Waals surface area (Å²) in [7, 11) is -2.36. The molecule has 16 heavy (non-hydrogen) atoms. The van der Waals surface area contributed by atoms with E-state index in [-0.39, 0.29) is 0 Å². The lowest BCUT2D eigenvalue weighted by Gasteiger charge is -2.25. The topological polar surface area (TPSA) is 77.9 Å². The quantitative estimate of drug-likeness (QED) is 0.677. The van der Waals surface area contributed by atoms with Crippen LogP contribution in [0.5, 0.6) is 0 Å². The molecule has 6 nitrogen and oxygen atoms in total. The minimum absolute atomic E-state index is 0.417. The van der Waals surface area contributed by atoms with Gasteiger partial charge in [0, 0.05) is 20.1 Å². The fourth-order valence-corrected chi connectivity index (χ4v) is 2.80. The predicted octanol–water partition coefficient (Wildman–Crippen LogP) is 0.370. The van der Waals surface area contributed by atoms with Gasteiger partial charge in [0.05, 0.1) is 0 Å². The van der Waals surface area contributed by atoms with Crippen molar-refractivity contribution >= 4 is 16.2 Å². The van der Waals surface area contributed by atoms with E-state index in [9.17, 15) is 13.2 Å². The Labute approximate surface area is 97.0 Å². The van der Waals surface area contributed by atoms with Crippen molar-refractivity contribution in [2.75, 3.05) is 26.7 Å². The van der Waals surface area contributed by atoms with E-state index in [1.54, 1.807) is 0 Å². The second kappa shape index (κ2) is 6.82. The summed E-state index contributed by atoms with van der Waals surface area (Å²) >= 11 is 0. The average Bonchev–Trinajstić information content (AvgIpc) is 2.16. The van der Waals surface area contributed by atoms with Crippen LogP contribution in [0.2, 0.25) is 0 Å². The molecule has 0 aromatic heterocycles. The fourth-order valence-electron chi connectivity index (χ4n) is 1.31. The first-order chi connectivity index (χ1) is 7.36. The summed E-state index contributed by atoms with van der Waals surface area (Å²) in [6.45, 7) is 4.09. The standard InChI is InChI=1S/C9H20N2O4S/c1-4-6-11(7-5-2)16(14,15)10(3)8-9(12)13/h4-8H2,1-3H3,(H,12,13). The summed E-state index contributed by atoms with van der Waals surface area (Å²) in [5.74, 6) is -1.15. The van der Waals surface area contributed by atoms with E-state index in [0.717, 1.165) is 4.31 Å². The number of aliphatic carboxylic acids is 1. The van der Waals surface area contributed by atoms with Crippen LogP contribution < -0.4 is 0 Å². The van der Waals surface area contributed by atoms with Crippen molar-refractivity contribution in [2.45, 2.75) is 26.7 Å². The first kappa shape index (κ1) is 15.3. The summed E-state index contributed by atoms with van der Waals surface area (Å²) < 4.78 is 26.0. The molecule has 0 heterocycles. The van der Waals surface area contributed by atoms with E-state index >= 15 is 0 Å². The SMILES string of the molecule is CCCN(CCC)S(=O)(=O)N(C)CC(=O)O. The van der Waals surface area contributed by atoms with Crippen molar-refractivity contribution in [1.29, 1.82) is 0 Å². The van der Waals surface area contributed by atoms with Crippen LogP contribution in [-0.2, 0) is 15.0 Å². The van der Waals surface area contributed by atoms with E-state index in [1.165, 1.54) is 11.4 Å². The first-order valence-corrected chi connectivity index (χ1v) is 6.69. The third-order valence-electron chi connectivity index (χ3n) is 2.02. The average molecular weight is 252 g/mol. The van der Waals surface area contributed by atoms with Crippen LogP contribution >= 0.6 is 0 Å². The van der Waals surface area contributed by atoms with E-state index in [2.05, 4.69) is 0 Å². The van der Waals surface area contributed by atoms with E-state index in [1.807, 2.05) is 13.8 Å². The Kier molecular flexibility index (Phi) is 6.54. The van der Waals surface area contributed by atoms with E-state index in [0.29, 0.717) is 25.9 Å². The summed E-state index contributed by atoms with van der Waals surface area (Å²) in [4.78, 5) is 10.5. The Bertz CT molecular complexity index is 309. The summed E-state index contributed by atoms with van der Waals surface area (Å²) in [6.07, 6.45) is 1.42. The molecule has 0 unspecified atom stereocenters. The zero-order chi connectivity index (χ0) is 12.8. The number of carboxylic acid groups (broad SMARTS) is 1. The molecule has 0 aliphatic rings. The second-order valence-electron chi connectivity index (χ2n) is 3.56. The number of hydrogen-bond acceptors (Lipinski definition) is 3. The molecule has 0 saturated heterocycles. The minimum atomic E-state index is -3.63. The van der Waals surface area contributed by atoms with Crippen LogP contribution in [0, 0.1) is 0 Å². The number of nitrogens with zero attached hydrogens (tertiary/aromatic N) is 2. The van der Waals surface area contributed by atoms with Crippen molar-refractivity contribution in [1.82, 2.24) is 8.61 Å². The molecule has 0 radical (unpaired) electrons. The molecule has 96 valence electrons. The maximum Gasteiger partial charge on any atom is 0.318 e. The lowest BCUT2D eigenvalue weighted by atomic mass is 10.4. The number of carbonyl (C=O) groups is 1. The smallest absolute Gasteiger partial charge is 0.318 e. The second-order valence-corrected chi connectivity index (χ2v) is 5.59. The molecule has 0 rings (SSSR count). The number of carboxylic acids is 1. The molecule has 0 fully saturated rings. The Morgan fingerprint density at radius 1 is 1.19 bits per heavy atom. The summed E-state index contributed by atoms with van der Waals surface area (Å²) in [5, 5.41) is 8.56. The largest absolute Gasteiger partial charge is 0.480 e. The van der Waals surface area contributed by atoms with Gasteiger partial charge in [0.25, 0.3) is 10.2 Å². The highest BCUT2D eigenvalue weighted by atomic mass is 32.2. The molecule has 0 atom stereocenters. The van der Waals surface area contributed by atoms with Crippen molar-refractivity contribution in [2.24, 2.45) is 0 Å². The Morgan fingerprint density at radius 2 is 1.62 bits per heavy atom. The molecule has 0 aromatic carbocycles. The molecule has 1 N–H and O–H groups in total. The van der Waals surface area contributed by atoms with Crippen molar-refractivity contribution < 1.29 is 18.3 Å². The van der Waals surface area contributed by atoms with Gasteiger partial charge >= 0.3 is 5.97 Å².